The molecule has 1 saturated heterocycles. The van der Waals surface area contributed by atoms with E-state index in [9.17, 15) is 14.4 Å². The molecule has 2 N–H and O–H groups in total. The first-order valence-corrected chi connectivity index (χ1v) is 9.58. The number of urea groups is 1. The van der Waals surface area contributed by atoms with Crippen molar-refractivity contribution in [3.63, 3.8) is 0 Å². The van der Waals surface area contributed by atoms with Crippen LogP contribution in [0, 0.1) is 0 Å². The van der Waals surface area contributed by atoms with Crippen LogP contribution in [0.5, 0.6) is 0 Å². The Bertz CT molecular complexity index is 713. The third kappa shape index (κ3) is 4.59. The summed E-state index contributed by atoms with van der Waals surface area (Å²) in [7, 11) is 1.36. The van der Waals surface area contributed by atoms with Crippen LogP contribution in [-0.4, -0.2) is 37.1 Å². The van der Waals surface area contributed by atoms with E-state index in [2.05, 4.69) is 10.6 Å². The summed E-state index contributed by atoms with van der Waals surface area (Å²) in [6.45, 7) is 0.658. The number of nitrogens with zero attached hydrogens (tertiary/aromatic N) is 1. The number of nitrogens with one attached hydrogen (secondary N) is 2. The van der Waals surface area contributed by atoms with Crippen molar-refractivity contribution in [2.75, 3.05) is 23.9 Å². The minimum atomic E-state index is -0.576. The maximum absolute atomic E-state index is 12.7. The minimum absolute atomic E-state index is 0.0686. The molecule has 1 aliphatic carbocycles. The van der Waals surface area contributed by atoms with E-state index in [0.717, 1.165) is 38.5 Å². The van der Waals surface area contributed by atoms with Gasteiger partial charge in [-0.15, -0.1) is 0 Å². The Labute approximate surface area is 159 Å². The Balaban J connectivity index is 1.73. The van der Waals surface area contributed by atoms with Crippen molar-refractivity contribution in [3.8, 4) is 0 Å². The van der Waals surface area contributed by atoms with Gasteiger partial charge in [0.15, 0.2) is 0 Å². The first kappa shape index (κ1) is 19.2. The molecule has 1 aliphatic heterocycles. The molecule has 7 nitrogen and oxygen atoms in total. The highest BCUT2D eigenvalue weighted by molar-refractivity contribution is 6.01. The number of carbonyl (C=O) groups is 3. The Morgan fingerprint density at radius 1 is 1.15 bits per heavy atom. The SMILES string of the molecule is COC(=O)CC1(NC(=O)Nc2ccccc2N2CCCC2=O)CCCCC1. The molecule has 0 spiro atoms. The Kier molecular flexibility index (Phi) is 5.98. The van der Waals surface area contributed by atoms with E-state index in [1.54, 1.807) is 11.0 Å². The van der Waals surface area contributed by atoms with Gasteiger partial charge in [-0.25, -0.2) is 4.79 Å². The van der Waals surface area contributed by atoms with E-state index < -0.39 is 5.54 Å². The van der Waals surface area contributed by atoms with E-state index in [-0.39, 0.29) is 24.3 Å². The fourth-order valence-electron chi connectivity index (χ4n) is 4.03. The van der Waals surface area contributed by atoms with E-state index in [1.165, 1.54) is 7.11 Å². The average Bonchev–Trinajstić information content (AvgIpc) is 3.08. The van der Waals surface area contributed by atoms with Gasteiger partial charge < -0.3 is 20.3 Å². The fraction of sp³-hybridized carbons (Fsp3) is 0.550. The Hall–Kier alpha value is -2.57. The zero-order valence-corrected chi connectivity index (χ0v) is 15.8. The molecule has 2 fully saturated rings. The van der Waals surface area contributed by atoms with E-state index in [0.29, 0.717) is 24.3 Å². The molecule has 1 aromatic rings. The first-order valence-electron chi connectivity index (χ1n) is 9.58. The summed E-state index contributed by atoms with van der Waals surface area (Å²) in [5.74, 6) is -0.251. The summed E-state index contributed by atoms with van der Waals surface area (Å²) < 4.78 is 4.82. The summed E-state index contributed by atoms with van der Waals surface area (Å²) in [6.07, 6.45) is 6.06. The second-order valence-electron chi connectivity index (χ2n) is 7.34. The van der Waals surface area contributed by atoms with E-state index in [1.807, 2.05) is 18.2 Å². The summed E-state index contributed by atoms with van der Waals surface area (Å²) in [6, 6.07) is 6.94. The molecule has 0 radical (unpaired) electrons. The van der Waals surface area contributed by atoms with Gasteiger partial charge >= 0.3 is 12.0 Å². The van der Waals surface area contributed by atoms with Gasteiger partial charge in [-0.1, -0.05) is 31.4 Å². The molecule has 146 valence electrons. The van der Waals surface area contributed by atoms with Gasteiger partial charge in [-0.2, -0.15) is 0 Å². The largest absolute Gasteiger partial charge is 0.469 e. The fourth-order valence-corrected chi connectivity index (χ4v) is 4.03. The summed E-state index contributed by atoms with van der Waals surface area (Å²) in [5, 5.41) is 5.90. The Morgan fingerprint density at radius 2 is 1.89 bits per heavy atom. The smallest absolute Gasteiger partial charge is 0.319 e. The third-order valence-corrected chi connectivity index (χ3v) is 5.42. The summed E-state index contributed by atoms with van der Waals surface area (Å²) >= 11 is 0. The normalized spacial score (nSPS) is 18.9. The lowest BCUT2D eigenvalue weighted by atomic mass is 9.79. The van der Waals surface area contributed by atoms with Crippen molar-refractivity contribution < 1.29 is 19.1 Å². The van der Waals surface area contributed by atoms with Crippen LogP contribution in [0.4, 0.5) is 16.2 Å². The zero-order chi connectivity index (χ0) is 19.3. The molecule has 1 heterocycles. The van der Waals surface area contributed by atoms with Crippen LogP contribution in [0.25, 0.3) is 0 Å². The molecule has 2 aliphatic rings. The van der Waals surface area contributed by atoms with E-state index in [4.69, 9.17) is 4.74 Å². The predicted octanol–water partition coefficient (Wildman–Crippen LogP) is 3.20. The van der Waals surface area contributed by atoms with Gasteiger partial charge in [0.05, 0.1) is 30.4 Å². The number of hydrogen-bond donors (Lipinski definition) is 2. The maximum atomic E-state index is 12.7. The molecule has 27 heavy (non-hydrogen) atoms. The lowest BCUT2D eigenvalue weighted by Gasteiger charge is -2.37. The summed E-state index contributed by atoms with van der Waals surface area (Å²) in [4.78, 5) is 38.4. The van der Waals surface area contributed by atoms with Crippen LogP contribution < -0.4 is 15.5 Å². The third-order valence-electron chi connectivity index (χ3n) is 5.42. The Morgan fingerprint density at radius 3 is 2.56 bits per heavy atom. The van der Waals surface area contributed by atoms with Crippen LogP contribution in [0.2, 0.25) is 0 Å². The second kappa shape index (κ2) is 8.41. The van der Waals surface area contributed by atoms with Crippen molar-refractivity contribution in [3.05, 3.63) is 24.3 Å². The van der Waals surface area contributed by atoms with Crippen LogP contribution in [0.3, 0.4) is 0 Å². The predicted molar refractivity (Wildman–Crippen MR) is 103 cm³/mol. The highest BCUT2D eigenvalue weighted by Crippen LogP contribution is 2.33. The van der Waals surface area contributed by atoms with Crippen LogP contribution in [0.15, 0.2) is 24.3 Å². The number of benzene rings is 1. The monoisotopic (exact) mass is 373 g/mol. The molecule has 1 saturated carbocycles. The number of ether oxygens (including phenoxy) is 1. The molecule has 0 bridgehead atoms. The van der Waals surface area contributed by atoms with Crippen molar-refractivity contribution in [1.82, 2.24) is 5.32 Å². The van der Waals surface area contributed by atoms with Gasteiger partial charge in [0, 0.05) is 13.0 Å². The van der Waals surface area contributed by atoms with Gasteiger partial charge in [-0.3, -0.25) is 9.59 Å². The van der Waals surface area contributed by atoms with Crippen LogP contribution in [-0.2, 0) is 14.3 Å². The quantitative estimate of drug-likeness (QED) is 0.776. The van der Waals surface area contributed by atoms with Gasteiger partial charge in [0.25, 0.3) is 0 Å². The number of hydrogen-bond acceptors (Lipinski definition) is 4. The number of para-hydroxylation sites is 2. The molecular formula is C20H27N3O4. The molecular weight excluding hydrogens is 346 g/mol. The number of esters is 1. The highest BCUT2D eigenvalue weighted by Gasteiger charge is 2.36. The lowest BCUT2D eigenvalue weighted by Crippen LogP contribution is -2.52. The number of carbonyl (C=O) groups excluding carboxylic acids is 3. The number of amides is 3. The van der Waals surface area contributed by atoms with Crippen molar-refractivity contribution in [2.45, 2.75) is 56.9 Å². The molecule has 0 unspecified atom stereocenters. The maximum Gasteiger partial charge on any atom is 0.319 e. The topological polar surface area (TPSA) is 87.7 Å². The van der Waals surface area contributed by atoms with Gasteiger partial charge in [0.1, 0.15) is 0 Å². The highest BCUT2D eigenvalue weighted by atomic mass is 16.5. The van der Waals surface area contributed by atoms with Crippen molar-refractivity contribution in [2.24, 2.45) is 0 Å². The molecule has 3 rings (SSSR count). The minimum Gasteiger partial charge on any atom is -0.469 e. The zero-order valence-electron chi connectivity index (χ0n) is 15.8. The second-order valence-corrected chi connectivity index (χ2v) is 7.34. The van der Waals surface area contributed by atoms with E-state index >= 15 is 0 Å². The average molecular weight is 373 g/mol. The lowest BCUT2D eigenvalue weighted by molar-refractivity contribution is -0.142. The summed E-state index contributed by atoms with van der Waals surface area (Å²) in [5.41, 5.74) is 0.725. The van der Waals surface area contributed by atoms with Crippen molar-refractivity contribution >= 4 is 29.3 Å². The van der Waals surface area contributed by atoms with Gasteiger partial charge in [0.2, 0.25) is 5.91 Å². The van der Waals surface area contributed by atoms with Crippen molar-refractivity contribution in [1.29, 1.82) is 0 Å². The number of rotatable bonds is 5. The molecule has 3 amide bonds. The number of anilines is 2. The van der Waals surface area contributed by atoms with Crippen LogP contribution >= 0.6 is 0 Å². The molecule has 0 atom stereocenters. The van der Waals surface area contributed by atoms with Gasteiger partial charge in [-0.05, 0) is 31.4 Å². The van der Waals surface area contributed by atoms with Crippen LogP contribution in [0.1, 0.15) is 51.4 Å². The molecule has 7 heteroatoms. The standard InChI is InChI=1S/C20H27N3O4/c1-27-18(25)14-20(11-5-2-6-12-20)22-19(26)21-15-8-3-4-9-16(15)23-13-7-10-17(23)24/h3-4,8-9H,2,5-7,10-14H2,1H3,(H2,21,22,26). The number of methoxy groups -OCH3 is 1. The molecule has 1 aromatic carbocycles. The first-order chi connectivity index (χ1) is 13.0. The molecule has 0 aromatic heterocycles.